The molecule has 1 saturated carbocycles. The van der Waals surface area contributed by atoms with Crippen LogP contribution in [0.15, 0.2) is 28.6 Å². The second-order valence-electron chi connectivity index (χ2n) is 5.69. The van der Waals surface area contributed by atoms with Crippen molar-refractivity contribution in [3.8, 4) is 0 Å². The maximum atomic E-state index is 6.26. The summed E-state index contributed by atoms with van der Waals surface area (Å²) in [6, 6.07) is 6.08. The van der Waals surface area contributed by atoms with Crippen LogP contribution in [0.1, 0.15) is 44.4 Å². The first-order chi connectivity index (χ1) is 10.6. The molecule has 0 unspecified atom stereocenters. The van der Waals surface area contributed by atoms with E-state index in [2.05, 4.69) is 34.9 Å². The standard InChI is InChI=1S/C17H20Cl2N2S/c1-3-20-16-21(4-2)15(11-22-16)17(8-5-9-17)12-6-7-13(18)14(19)10-12/h6-7,10-11H,3-5,8-9H2,1-2H3/b20-16+. The highest BCUT2D eigenvalue weighted by molar-refractivity contribution is 7.07. The number of rotatable bonds is 4. The van der Waals surface area contributed by atoms with E-state index in [1.54, 1.807) is 11.3 Å². The Hall–Kier alpha value is -0.770. The minimum absolute atomic E-state index is 0.0717. The lowest BCUT2D eigenvalue weighted by Gasteiger charge is -2.43. The summed E-state index contributed by atoms with van der Waals surface area (Å²) in [6.07, 6.45) is 3.57. The van der Waals surface area contributed by atoms with Crippen LogP contribution in [0.4, 0.5) is 0 Å². The summed E-state index contributed by atoms with van der Waals surface area (Å²) in [5.41, 5.74) is 2.72. The zero-order valence-corrected chi connectivity index (χ0v) is 15.2. The van der Waals surface area contributed by atoms with E-state index < -0.39 is 0 Å². The van der Waals surface area contributed by atoms with Gasteiger partial charge in [0.1, 0.15) is 0 Å². The molecule has 0 atom stereocenters. The normalized spacial score (nSPS) is 17.5. The highest BCUT2D eigenvalue weighted by Crippen LogP contribution is 2.49. The molecule has 2 aromatic rings. The Balaban J connectivity index is 2.15. The number of hydrogen-bond acceptors (Lipinski definition) is 2. The Labute approximate surface area is 145 Å². The summed E-state index contributed by atoms with van der Waals surface area (Å²) in [5.74, 6) is 0. The molecule has 0 saturated heterocycles. The van der Waals surface area contributed by atoms with E-state index >= 15 is 0 Å². The fraction of sp³-hybridized carbons (Fsp3) is 0.471. The van der Waals surface area contributed by atoms with Crippen LogP contribution in [0, 0.1) is 0 Å². The number of nitrogens with zero attached hydrogens (tertiary/aromatic N) is 2. The van der Waals surface area contributed by atoms with Gasteiger partial charge < -0.3 is 4.57 Å². The zero-order valence-electron chi connectivity index (χ0n) is 12.9. The first-order valence-corrected chi connectivity index (χ1v) is 9.40. The summed E-state index contributed by atoms with van der Waals surface area (Å²) in [4.78, 5) is 5.75. The predicted octanol–water partition coefficient (Wildman–Crippen LogP) is 5.27. The molecule has 1 aromatic carbocycles. The van der Waals surface area contributed by atoms with Gasteiger partial charge in [-0.25, -0.2) is 0 Å². The molecule has 0 N–H and O–H groups in total. The summed E-state index contributed by atoms with van der Waals surface area (Å²) in [6.45, 7) is 6.03. The largest absolute Gasteiger partial charge is 0.320 e. The lowest BCUT2D eigenvalue weighted by atomic mass is 9.62. The SMILES string of the molecule is CC/N=c1/scc(C2(c3ccc(Cl)c(Cl)c3)CCC2)n1CC. The van der Waals surface area contributed by atoms with Crippen LogP contribution < -0.4 is 4.80 Å². The molecule has 0 amide bonds. The number of hydrogen-bond donors (Lipinski definition) is 0. The lowest BCUT2D eigenvalue weighted by molar-refractivity contribution is 0.283. The maximum absolute atomic E-state index is 6.26. The number of aromatic nitrogens is 1. The van der Waals surface area contributed by atoms with Crippen molar-refractivity contribution in [1.29, 1.82) is 0 Å². The third kappa shape index (κ3) is 2.53. The predicted molar refractivity (Wildman–Crippen MR) is 95.2 cm³/mol. The average molecular weight is 355 g/mol. The Bertz CT molecular complexity index is 741. The van der Waals surface area contributed by atoms with Gasteiger partial charge in [-0.15, -0.1) is 11.3 Å². The summed E-state index contributed by atoms with van der Waals surface area (Å²) >= 11 is 14.1. The quantitative estimate of drug-likeness (QED) is 0.711. The molecule has 22 heavy (non-hydrogen) atoms. The molecule has 1 aliphatic rings. The van der Waals surface area contributed by atoms with E-state index in [4.69, 9.17) is 23.2 Å². The molecule has 1 fully saturated rings. The van der Waals surface area contributed by atoms with Crippen LogP contribution in [0.2, 0.25) is 10.0 Å². The van der Waals surface area contributed by atoms with Gasteiger partial charge in [-0.2, -0.15) is 0 Å². The van der Waals surface area contributed by atoms with Crippen molar-refractivity contribution in [3.63, 3.8) is 0 Å². The van der Waals surface area contributed by atoms with E-state index in [0.29, 0.717) is 10.0 Å². The number of halogens is 2. The van der Waals surface area contributed by atoms with Crippen LogP contribution in [-0.2, 0) is 12.0 Å². The smallest absolute Gasteiger partial charge is 0.184 e. The second-order valence-corrected chi connectivity index (χ2v) is 7.34. The molecule has 1 aromatic heterocycles. The molecule has 0 spiro atoms. The molecule has 5 heteroatoms. The third-order valence-electron chi connectivity index (χ3n) is 4.58. The van der Waals surface area contributed by atoms with Gasteiger partial charge in [-0.3, -0.25) is 4.99 Å². The van der Waals surface area contributed by atoms with E-state index in [-0.39, 0.29) is 5.41 Å². The molecule has 0 radical (unpaired) electrons. The monoisotopic (exact) mass is 354 g/mol. The average Bonchev–Trinajstić information content (AvgIpc) is 2.85. The van der Waals surface area contributed by atoms with Crippen LogP contribution in [0.5, 0.6) is 0 Å². The van der Waals surface area contributed by atoms with Gasteiger partial charge >= 0.3 is 0 Å². The molecular formula is C17H20Cl2N2S. The summed E-state index contributed by atoms with van der Waals surface area (Å²) in [5, 5.41) is 3.54. The van der Waals surface area contributed by atoms with Crippen LogP contribution in [0.25, 0.3) is 0 Å². The molecule has 118 valence electrons. The van der Waals surface area contributed by atoms with E-state index in [9.17, 15) is 0 Å². The second kappa shape index (κ2) is 6.38. The van der Waals surface area contributed by atoms with Crippen LogP contribution in [0.3, 0.4) is 0 Å². The molecule has 0 aliphatic heterocycles. The highest BCUT2D eigenvalue weighted by atomic mass is 35.5. The van der Waals surface area contributed by atoms with Crippen molar-refractivity contribution in [3.05, 3.63) is 49.7 Å². The molecule has 2 nitrogen and oxygen atoms in total. The first-order valence-electron chi connectivity index (χ1n) is 7.77. The van der Waals surface area contributed by atoms with Gasteiger partial charge in [-0.1, -0.05) is 35.7 Å². The Morgan fingerprint density at radius 2 is 2.00 bits per heavy atom. The van der Waals surface area contributed by atoms with Gasteiger partial charge in [0.2, 0.25) is 0 Å². The van der Waals surface area contributed by atoms with Crippen molar-refractivity contribution in [2.24, 2.45) is 4.99 Å². The molecule has 0 bridgehead atoms. The van der Waals surface area contributed by atoms with Crippen molar-refractivity contribution in [2.45, 2.75) is 45.1 Å². The van der Waals surface area contributed by atoms with Crippen molar-refractivity contribution >= 4 is 34.5 Å². The van der Waals surface area contributed by atoms with Crippen LogP contribution in [-0.4, -0.2) is 11.1 Å². The molecule has 1 heterocycles. The fourth-order valence-electron chi connectivity index (χ4n) is 3.29. The molecule has 1 aliphatic carbocycles. The minimum atomic E-state index is 0.0717. The number of benzene rings is 1. The van der Waals surface area contributed by atoms with Crippen molar-refractivity contribution in [1.82, 2.24) is 4.57 Å². The van der Waals surface area contributed by atoms with Crippen molar-refractivity contribution in [2.75, 3.05) is 6.54 Å². The Morgan fingerprint density at radius 3 is 2.55 bits per heavy atom. The maximum Gasteiger partial charge on any atom is 0.184 e. The van der Waals surface area contributed by atoms with Crippen molar-refractivity contribution < 1.29 is 0 Å². The van der Waals surface area contributed by atoms with Gasteiger partial charge in [-0.05, 0) is 44.4 Å². The Kier molecular flexibility index (Phi) is 4.67. The van der Waals surface area contributed by atoms with E-state index in [1.807, 2.05) is 12.1 Å². The minimum Gasteiger partial charge on any atom is -0.320 e. The van der Waals surface area contributed by atoms with Crippen LogP contribution >= 0.6 is 34.5 Å². The van der Waals surface area contributed by atoms with E-state index in [0.717, 1.165) is 30.7 Å². The van der Waals surface area contributed by atoms with Gasteiger partial charge in [0.25, 0.3) is 0 Å². The summed E-state index contributed by atoms with van der Waals surface area (Å²) < 4.78 is 2.36. The first kappa shape index (κ1) is 16.1. The summed E-state index contributed by atoms with van der Waals surface area (Å²) in [7, 11) is 0. The lowest BCUT2D eigenvalue weighted by Crippen LogP contribution is -2.39. The van der Waals surface area contributed by atoms with E-state index in [1.165, 1.54) is 17.7 Å². The van der Waals surface area contributed by atoms with Gasteiger partial charge in [0.05, 0.1) is 10.0 Å². The molecular weight excluding hydrogens is 335 g/mol. The van der Waals surface area contributed by atoms with Gasteiger partial charge in [0, 0.05) is 29.6 Å². The Morgan fingerprint density at radius 1 is 1.23 bits per heavy atom. The topological polar surface area (TPSA) is 17.3 Å². The third-order valence-corrected chi connectivity index (χ3v) is 6.22. The zero-order chi connectivity index (χ0) is 15.7. The highest BCUT2D eigenvalue weighted by Gasteiger charge is 2.42. The number of thiazole rings is 1. The molecule has 3 rings (SSSR count). The fourth-order valence-corrected chi connectivity index (χ4v) is 4.72. The van der Waals surface area contributed by atoms with Gasteiger partial charge in [0.15, 0.2) is 4.80 Å².